The van der Waals surface area contributed by atoms with Crippen LogP contribution in [0, 0.1) is 0 Å². The molecule has 2 rings (SSSR count). The summed E-state index contributed by atoms with van der Waals surface area (Å²) in [4.78, 5) is 11.4. The van der Waals surface area contributed by atoms with Crippen LogP contribution in [0.15, 0.2) is 34.7 Å². The van der Waals surface area contributed by atoms with Crippen LogP contribution in [0.1, 0.15) is 11.5 Å². The molecule has 0 aliphatic carbocycles. The molecule has 0 atom stereocenters. The van der Waals surface area contributed by atoms with E-state index in [4.69, 9.17) is 20.8 Å². The molecule has 18 heavy (non-hydrogen) atoms. The monoisotopic (exact) mass is 267 g/mol. The fourth-order valence-corrected chi connectivity index (χ4v) is 1.31. The summed E-state index contributed by atoms with van der Waals surface area (Å²) in [5.41, 5.74) is 0.889. The number of carbonyl (C=O) groups excluding carboxylic acids is 1. The number of hydrogen-bond donors (Lipinski definition) is 1. The Bertz CT molecular complexity index is 515. The fourth-order valence-electron chi connectivity index (χ4n) is 1.20. The largest absolute Gasteiger partial charge is 0.444 e. The topological polar surface area (TPSA) is 77.3 Å². The third-order valence-corrected chi connectivity index (χ3v) is 2.23. The first-order chi connectivity index (χ1) is 8.78. The predicted octanol–water partition coefficient (Wildman–Crippen LogP) is 2.56. The smallest absolute Gasteiger partial charge is 0.415 e. The second-order valence-corrected chi connectivity index (χ2v) is 3.59. The van der Waals surface area contributed by atoms with Gasteiger partial charge in [-0.05, 0) is 5.56 Å². The zero-order chi connectivity index (χ0) is 12.8. The zero-order valence-electron chi connectivity index (χ0n) is 9.30. The highest BCUT2D eigenvalue weighted by Crippen LogP contribution is 2.08. The number of nitrogens with zero attached hydrogens (tertiary/aromatic N) is 2. The van der Waals surface area contributed by atoms with E-state index in [0.717, 1.165) is 5.56 Å². The number of carbonyl (C=O) groups is 1. The maximum Gasteiger partial charge on any atom is 0.415 e. The van der Waals surface area contributed by atoms with Crippen molar-refractivity contribution in [3.05, 3.63) is 41.8 Å². The maximum absolute atomic E-state index is 11.4. The number of nitrogens with one attached hydrogen (secondary N) is 1. The van der Waals surface area contributed by atoms with Crippen molar-refractivity contribution in [3.8, 4) is 0 Å². The van der Waals surface area contributed by atoms with Gasteiger partial charge in [-0.15, -0.1) is 16.7 Å². The van der Waals surface area contributed by atoms with E-state index < -0.39 is 6.09 Å². The van der Waals surface area contributed by atoms with E-state index >= 15 is 0 Å². The molecular weight excluding hydrogens is 258 g/mol. The summed E-state index contributed by atoms with van der Waals surface area (Å²) in [6.07, 6.45) is -0.663. The molecule has 1 amide bonds. The third-order valence-electron chi connectivity index (χ3n) is 2.00. The molecule has 0 radical (unpaired) electrons. The summed E-state index contributed by atoms with van der Waals surface area (Å²) in [5.74, 6) is 0.323. The molecule has 0 aliphatic rings. The summed E-state index contributed by atoms with van der Waals surface area (Å²) in [6, 6.07) is 9.28. The Morgan fingerprint density at radius 3 is 2.78 bits per heavy atom. The highest BCUT2D eigenvalue weighted by molar-refractivity contribution is 6.16. The van der Waals surface area contributed by atoms with E-state index in [2.05, 4.69) is 15.5 Å². The number of hydrogen-bond acceptors (Lipinski definition) is 5. The number of halogens is 1. The number of anilines is 1. The molecule has 0 unspecified atom stereocenters. The van der Waals surface area contributed by atoms with Crippen molar-refractivity contribution < 1.29 is 13.9 Å². The van der Waals surface area contributed by atoms with Gasteiger partial charge in [-0.25, -0.2) is 10.1 Å². The number of benzene rings is 1. The summed E-state index contributed by atoms with van der Waals surface area (Å²) >= 11 is 5.48. The van der Waals surface area contributed by atoms with Gasteiger partial charge in [0.1, 0.15) is 12.5 Å². The summed E-state index contributed by atoms with van der Waals surface area (Å²) < 4.78 is 9.95. The second kappa shape index (κ2) is 6.02. The molecular formula is C11H10ClN3O3. The molecule has 0 spiro atoms. The lowest BCUT2D eigenvalue weighted by molar-refractivity contribution is 0.154. The molecule has 1 aromatic heterocycles. The first kappa shape index (κ1) is 12.4. The van der Waals surface area contributed by atoms with Crippen molar-refractivity contribution in [1.29, 1.82) is 0 Å². The highest BCUT2D eigenvalue weighted by Gasteiger charge is 2.09. The first-order valence-corrected chi connectivity index (χ1v) is 5.67. The zero-order valence-corrected chi connectivity index (χ0v) is 10.1. The third kappa shape index (κ3) is 3.46. The Morgan fingerprint density at radius 1 is 1.33 bits per heavy atom. The van der Waals surface area contributed by atoms with Crippen molar-refractivity contribution in [2.45, 2.75) is 12.5 Å². The van der Waals surface area contributed by atoms with Gasteiger partial charge in [0.15, 0.2) is 0 Å². The van der Waals surface area contributed by atoms with E-state index in [0.29, 0.717) is 0 Å². The van der Waals surface area contributed by atoms with Gasteiger partial charge in [-0.2, -0.15) is 0 Å². The van der Waals surface area contributed by atoms with Crippen LogP contribution in [0.5, 0.6) is 0 Å². The highest BCUT2D eigenvalue weighted by atomic mass is 35.5. The van der Waals surface area contributed by atoms with Gasteiger partial charge >= 0.3 is 12.1 Å². The molecule has 7 heteroatoms. The minimum Gasteiger partial charge on any atom is -0.444 e. The lowest BCUT2D eigenvalue weighted by Crippen LogP contribution is -2.13. The Balaban J connectivity index is 1.82. The van der Waals surface area contributed by atoms with Crippen LogP contribution in [0.3, 0.4) is 0 Å². The van der Waals surface area contributed by atoms with Crippen molar-refractivity contribution >= 4 is 23.7 Å². The van der Waals surface area contributed by atoms with Crippen LogP contribution in [0.2, 0.25) is 0 Å². The lowest BCUT2D eigenvalue weighted by atomic mass is 10.2. The van der Waals surface area contributed by atoms with Gasteiger partial charge in [0.2, 0.25) is 5.89 Å². The molecule has 1 heterocycles. The van der Waals surface area contributed by atoms with Crippen LogP contribution in [-0.4, -0.2) is 16.3 Å². The van der Waals surface area contributed by atoms with E-state index in [1.54, 1.807) is 0 Å². The Hall–Kier alpha value is -2.08. The molecule has 6 nitrogen and oxygen atoms in total. The predicted molar refractivity (Wildman–Crippen MR) is 64.1 cm³/mol. The minimum atomic E-state index is -0.663. The lowest BCUT2D eigenvalue weighted by Gasteiger charge is -2.03. The van der Waals surface area contributed by atoms with Crippen molar-refractivity contribution in [2.24, 2.45) is 0 Å². The molecule has 94 valence electrons. The normalized spacial score (nSPS) is 10.1. The molecule has 2 aromatic rings. The molecule has 1 N–H and O–H groups in total. The van der Waals surface area contributed by atoms with Gasteiger partial charge in [-0.3, -0.25) is 0 Å². The average molecular weight is 268 g/mol. The number of rotatable bonds is 4. The summed E-state index contributed by atoms with van der Waals surface area (Å²) in [7, 11) is 0. The van der Waals surface area contributed by atoms with Crippen LogP contribution < -0.4 is 5.32 Å². The minimum absolute atomic E-state index is 0.0382. The van der Waals surface area contributed by atoms with E-state index in [-0.39, 0.29) is 24.4 Å². The second-order valence-electron chi connectivity index (χ2n) is 3.32. The molecule has 0 aliphatic heterocycles. The molecule has 0 bridgehead atoms. The van der Waals surface area contributed by atoms with Gasteiger partial charge in [0.05, 0.1) is 0 Å². The van der Waals surface area contributed by atoms with Crippen molar-refractivity contribution in [2.75, 3.05) is 5.32 Å². The SMILES string of the molecule is O=C(Nc1nnc(CCl)o1)OCc1ccccc1. The summed E-state index contributed by atoms with van der Waals surface area (Å²) in [5, 5.41) is 9.46. The van der Waals surface area contributed by atoms with E-state index in [1.165, 1.54) is 0 Å². The van der Waals surface area contributed by atoms with E-state index in [9.17, 15) is 4.79 Å². The van der Waals surface area contributed by atoms with Gasteiger partial charge < -0.3 is 9.15 Å². The molecule has 0 saturated carbocycles. The summed E-state index contributed by atoms with van der Waals surface area (Å²) in [6.45, 7) is 0.170. The van der Waals surface area contributed by atoms with Crippen LogP contribution in [-0.2, 0) is 17.2 Å². The van der Waals surface area contributed by atoms with Crippen LogP contribution in [0.25, 0.3) is 0 Å². The first-order valence-electron chi connectivity index (χ1n) is 5.14. The van der Waals surface area contributed by atoms with Crippen LogP contribution >= 0.6 is 11.6 Å². The Kier molecular flexibility index (Phi) is 4.14. The van der Waals surface area contributed by atoms with Crippen molar-refractivity contribution in [1.82, 2.24) is 10.2 Å². The van der Waals surface area contributed by atoms with E-state index in [1.807, 2.05) is 30.3 Å². The molecule has 0 fully saturated rings. The van der Waals surface area contributed by atoms with Gasteiger partial charge in [0.25, 0.3) is 0 Å². The number of alkyl halides is 1. The molecule has 0 saturated heterocycles. The standard InChI is InChI=1S/C11H10ClN3O3/c12-6-9-14-15-10(18-9)13-11(16)17-7-8-4-2-1-3-5-8/h1-5H,6-7H2,(H,13,15,16). The Labute approximate surface area is 108 Å². The number of aromatic nitrogens is 2. The quantitative estimate of drug-likeness (QED) is 0.862. The Morgan fingerprint density at radius 2 is 2.11 bits per heavy atom. The average Bonchev–Trinajstić information content (AvgIpc) is 2.85. The number of ether oxygens (including phenoxy) is 1. The van der Waals surface area contributed by atoms with Crippen molar-refractivity contribution in [3.63, 3.8) is 0 Å². The fraction of sp³-hybridized carbons (Fsp3) is 0.182. The van der Waals surface area contributed by atoms with Gasteiger partial charge in [-0.1, -0.05) is 35.4 Å². The number of amides is 1. The van der Waals surface area contributed by atoms with Gasteiger partial charge in [0, 0.05) is 0 Å². The van der Waals surface area contributed by atoms with Crippen LogP contribution in [0.4, 0.5) is 10.8 Å². The molecule has 1 aromatic carbocycles. The maximum atomic E-state index is 11.4.